The Morgan fingerprint density at radius 2 is 1.59 bits per heavy atom. The molecule has 1 saturated carbocycles. The molecule has 6 N–H and O–H groups in total. The van der Waals surface area contributed by atoms with E-state index in [1.54, 1.807) is 39.8 Å². The Morgan fingerprint density at radius 1 is 0.921 bits per heavy atom. The van der Waals surface area contributed by atoms with Gasteiger partial charge in [-0.3, -0.25) is 24.3 Å². The van der Waals surface area contributed by atoms with Crippen LogP contribution in [0.2, 0.25) is 0 Å². The van der Waals surface area contributed by atoms with Gasteiger partial charge in [-0.05, 0) is 32.8 Å². The molecule has 9 atom stereocenters. The monoisotopic (exact) mass is 876 g/mol. The number of aliphatic hydroxyl groups excluding tert-OH is 2. The molecule has 2 aromatic rings. The van der Waals surface area contributed by atoms with Crippen LogP contribution in [0.15, 0.2) is 41.2 Å². The first-order chi connectivity index (χ1) is 29.8. The van der Waals surface area contributed by atoms with Gasteiger partial charge >= 0.3 is 11.8 Å². The highest BCUT2D eigenvalue weighted by atomic mass is 16.7. The number of hydrogen-bond acceptors (Lipinski definition) is 15. The fourth-order valence-corrected chi connectivity index (χ4v) is 9.47. The van der Waals surface area contributed by atoms with Crippen LogP contribution in [0.1, 0.15) is 95.6 Å². The van der Waals surface area contributed by atoms with Gasteiger partial charge < -0.3 is 49.8 Å². The Labute approximate surface area is 368 Å². The molecule has 1 unspecified atom stereocenters. The number of ether oxygens (including phenoxy) is 4. The van der Waals surface area contributed by atoms with Crippen LogP contribution < -0.4 is 10.1 Å². The van der Waals surface area contributed by atoms with Gasteiger partial charge in [0.1, 0.15) is 23.4 Å². The van der Waals surface area contributed by atoms with Gasteiger partial charge in [0.25, 0.3) is 11.7 Å². The van der Waals surface area contributed by atoms with Gasteiger partial charge in [-0.2, -0.15) is 5.10 Å². The minimum Gasteiger partial charge on any atom is -0.507 e. The molecule has 2 aromatic carbocycles. The number of ketones is 1. The molecule has 16 heteroatoms. The Bertz CT molecular complexity index is 2190. The quantitative estimate of drug-likeness (QED) is 0.0926. The molecule has 1 amide bonds. The van der Waals surface area contributed by atoms with Gasteiger partial charge in [0.2, 0.25) is 0 Å². The zero-order valence-electron chi connectivity index (χ0n) is 37.8. The van der Waals surface area contributed by atoms with E-state index in [1.807, 2.05) is 5.01 Å². The van der Waals surface area contributed by atoms with E-state index in [0.29, 0.717) is 19.1 Å². The maximum atomic E-state index is 14.5. The number of carbonyl (C=O) groups excluding carboxylic acids is 3. The summed E-state index contributed by atoms with van der Waals surface area (Å²) in [5, 5.41) is 67.6. The van der Waals surface area contributed by atoms with Gasteiger partial charge in [-0.15, -0.1) is 0 Å². The zero-order valence-corrected chi connectivity index (χ0v) is 37.8. The molecule has 5 bridgehead atoms. The number of hydrazone groups is 1. The summed E-state index contributed by atoms with van der Waals surface area (Å²) in [4.78, 5) is 43.2. The minimum atomic E-state index is -2.04. The second-order valence-corrected chi connectivity index (χ2v) is 17.8. The standard InChI is InChI=1S/C47H64N4O12/c1-24-13-12-14-25(2)46(59)49-37-32(23-48-51-20-18-50(19-21-51)31-15-10-11-16-31)41(56)34-35(42(37)57)40(55)29(6)44-36(34)45(58)47(8,63-44)61-22-17-33(60-9)26(3)43(62-30(7)52)28(5)39(54)27(4)38(24)53/h12-14,17,22-24,26-28,31,33,38-39,43,53-57H,10-11,15-16,18-21H2,1-9H3,(H,49,59)/b13-12+,22-17+,25-14-,48-23+/t24-,26+,27+,28+,33?,38-,39+,43+,47-/m0/s1. The molecule has 0 radical (unpaired) electrons. The molecule has 344 valence electrons. The minimum absolute atomic E-state index is 0.0631. The third-order valence-electron chi connectivity index (χ3n) is 13.5. The van der Waals surface area contributed by atoms with Crippen LogP contribution in [0.5, 0.6) is 23.0 Å². The number of esters is 1. The Hall–Kier alpha value is -5.16. The average Bonchev–Trinajstić information content (AvgIpc) is 3.89. The number of fused-ring (bicyclic) bond motifs is 14. The second kappa shape index (κ2) is 19.3. The molecule has 4 aliphatic heterocycles. The molecule has 16 nitrogen and oxygen atoms in total. The number of nitrogens with one attached hydrogen (secondary N) is 1. The molecular weight excluding hydrogens is 813 g/mol. The van der Waals surface area contributed by atoms with Crippen LogP contribution in [-0.4, -0.2) is 129 Å². The smallest absolute Gasteiger partial charge is 0.312 e. The number of piperazine rings is 1. The number of rotatable bonds is 5. The van der Waals surface area contributed by atoms with Crippen molar-refractivity contribution in [3.8, 4) is 23.0 Å². The summed E-state index contributed by atoms with van der Waals surface area (Å²) in [5.41, 5.74) is -0.293. The molecule has 1 aliphatic carbocycles. The van der Waals surface area contributed by atoms with E-state index >= 15 is 0 Å². The third kappa shape index (κ3) is 9.40. The molecule has 4 heterocycles. The van der Waals surface area contributed by atoms with E-state index in [9.17, 15) is 39.9 Å². The van der Waals surface area contributed by atoms with Crippen LogP contribution in [0.25, 0.3) is 10.8 Å². The van der Waals surface area contributed by atoms with Crippen molar-refractivity contribution >= 4 is 40.3 Å². The molecule has 0 aromatic heterocycles. The van der Waals surface area contributed by atoms with E-state index in [0.717, 1.165) is 13.1 Å². The van der Waals surface area contributed by atoms with Crippen LogP contribution in [0, 0.1) is 30.6 Å². The molecule has 2 fully saturated rings. The van der Waals surface area contributed by atoms with Crippen molar-refractivity contribution < 1.29 is 58.9 Å². The molecular formula is C47H64N4O12. The molecule has 1 saturated heterocycles. The Kier molecular flexibility index (Phi) is 14.5. The van der Waals surface area contributed by atoms with E-state index in [-0.39, 0.29) is 44.5 Å². The summed E-state index contributed by atoms with van der Waals surface area (Å²) in [5.74, 6) is -8.28. The lowest BCUT2D eigenvalue weighted by atomic mass is 9.78. The van der Waals surface area contributed by atoms with Gasteiger partial charge in [-0.1, -0.05) is 58.8 Å². The summed E-state index contributed by atoms with van der Waals surface area (Å²) >= 11 is 0. The number of aromatic hydroxyl groups is 3. The van der Waals surface area contributed by atoms with Crippen LogP contribution in [-0.2, 0) is 23.8 Å². The number of methoxy groups -OCH3 is 1. The summed E-state index contributed by atoms with van der Waals surface area (Å²) in [6, 6.07) is 0.553. The number of nitrogens with zero attached hydrogens (tertiary/aromatic N) is 3. The van der Waals surface area contributed by atoms with E-state index in [4.69, 9.17) is 18.9 Å². The topological polar surface area (TPSA) is 220 Å². The number of hydrogen-bond donors (Lipinski definition) is 6. The van der Waals surface area contributed by atoms with Gasteiger partial charge in [0.05, 0.1) is 53.0 Å². The predicted molar refractivity (Wildman–Crippen MR) is 237 cm³/mol. The number of phenolic OH excluding ortho intramolecular Hbond substituents is 3. The average molecular weight is 877 g/mol. The van der Waals surface area contributed by atoms with Gasteiger partial charge in [0.15, 0.2) is 5.75 Å². The summed E-state index contributed by atoms with van der Waals surface area (Å²) in [7, 11) is 1.44. The highest BCUT2D eigenvalue weighted by Gasteiger charge is 2.50. The van der Waals surface area contributed by atoms with Crippen molar-refractivity contribution in [1.82, 2.24) is 9.91 Å². The fourth-order valence-electron chi connectivity index (χ4n) is 9.47. The number of anilines is 1. The van der Waals surface area contributed by atoms with Crippen molar-refractivity contribution in [2.45, 2.75) is 117 Å². The highest BCUT2D eigenvalue weighted by molar-refractivity contribution is 6.23. The van der Waals surface area contributed by atoms with Crippen molar-refractivity contribution in [3.63, 3.8) is 0 Å². The van der Waals surface area contributed by atoms with Crippen molar-refractivity contribution in [2.24, 2.45) is 28.8 Å². The third-order valence-corrected chi connectivity index (χ3v) is 13.5. The lowest BCUT2D eigenvalue weighted by molar-refractivity contribution is -0.160. The molecule has 5 aliphatic rings. The first-order valence-corrected chi connectivity index (χ1v) is 21.9. The number of allylic oxidation sites excluding steroid dienone is 2. The van der Waals surface area contributed by atoms with Crippen molar-refractivity contribution in [1.29, 1.82) is 0 Å². The second-order valence-electron chi connectivity index (χ2n) is 17.8. The largest absolute Gasteiger partial charge is 0.507 e. The number of carbonyl (C=O) groups is 3. The zero-order chi connectivity index (χ0) is 46.1. The lowest BCUT2D eigenvalue weighted by Gasteiger charge is -2.38. The summed E-state index contributed by atoms with van der Waals surface area (Å²) < 4.78 is 23.7. The normalized spacial score (nSPS) is 32.4. The van der Waals surface area contributed by atoms with E-state index in [2.05, 4.69) is 15.3 Å². The maximum Gasteiger partial charge on any atom is 0.312 e. The molecule has 63 heavy (non-hydrogen) atoms. The van der Waals surface area contributed by atoms with Gasteiger partial charge in [-0.25, -0.2) is 0 Å². The lowest BCUT2D eigenvalue weighted by Crippen LogP contribution is -2.47. The Morgan fingerprint density at radius 3 is 2.22 bits per heavy atom. The predicted octanol–water partition coefficient (Wildman–Crippen LogP) is 5.65. The first kappa shape index (κ1) is 47.3. The SMILES string of the molecule is COC1/C=C/O[C@@]2(C)Oc3c(C)c(O)c4c(O)c(c(/C=N/N5CCN(C6CCCC6)CC5)c(O)c4c3C2=O)NC(=O)/C(C)=C\C=C\[C@H](C)[C@H](O)[C@@H](C)[C@@H](O)[C@@H](C)[C@H](OC(C)=O)[C@@H]1C. The highest BCUT2D eigenvalue weighted by Crippen LogP contribution is 2.55. The number of phenols is 3. The number of Topliss-reactive ketones (excluding diaryl/α,β-unsaturated/α-hetero) is 1. The Balaban J connectivity index is 1.47. The number of aliphatic hydroxyl groups is 2. The fraction of sp³-hybridized carbons (Fsp3) is 0.574. The first-order valence-electron chi connectivity index (χ1n) is 21.9. The summed E-state index contributed by atoms with van der Waals surface area (Å²) in [6.45, 7) is 15.4. The van der Waals surface area contributed by atoms with Crippen molar-refractivity contribution in [3.05, 3.63) is 52.8 Å². The van der Waals surface area contributed by atoms with E-state index in [1.165, 1.54) is 85.1 Å². The van der Waals surface area contributed by atoms with Gasteiger partial charge in [0, 0.05) is 93.4 Å². The van der Waals surface area contributed by atoms with Crippen LogP contribution in [0.4, 0.5) is 5.69 Å². The van der Waals surface area contributed by atoms with Crippen molar-refractivity contribution in [2.75, 3.05) is 38.6 Å². The number of amides is 1. The van der Waals surface area contributed by atoms with E-state index < -0.39 is 88.8 Å². The molecule has 7 rings (SSSR count). The number of benzene rings is 2. The van der Waals surface area contributed by atoms with Crippen LogP contribution in [0.3, 0.4) is 0 Å². The molecule has 0 spiro atoms. The maximum absolute atomic E-state index is 14.5. The summed E-state index contributed by atoms with van der Waals surface area (Å²) in [6.07, 6.45) is 9.75. The van der Waals surface area contributed by atoms with Crippen LogP contribution >= 0.6 is 0 Å².